The van der Waals surface area contributed by atoms with Gasteiger partial charge in [-0.3, -0.25) is 9.59 Å². The second kappa shape index (κ2) is 5.96. The van der Waals surface area contributed by atoms with Crippen LogP contribution < -0.4 is 10.2 Å². The monoisotopic (exact) mass is 295 g/mol. The van der Waals surface area contributed by atoms with E-state index in [0.29, 0.717) is 28.2 Å². The van der Waals surface area contributed by atoms with E-state index in [4.69, 9.17) is 16.3 Å². The van der Waals surface area contributed by atoms with Crippen molar-refractivity contribution in [3.05, 3.63) is 39.6 Å². The number of rotatable bonds is 4. The van der Waals surface area contributed by atoms with Crippen molar-refractivity contribution in [2.24, 2.45) is 0 Å². The average molecular weight is 296 g/mol. The predicted octanol–water partition coefficient (Wildman–Crippen LogP) is 2.23. The van der Waals surface area contributed by atoms with Gasteiger partial charge in [-0.05, 0) is 12.1 Å². The fourth-order valence-electron chi connectivity index (χ4n) is 1.97. The SMILES string of the molecule is COC(=O)CCn1ccc(=O)c2cc(OC)c(Cl)cc21. The summed E-state index contributed by atoms with van der Waals surface area (Å²) < 4.78 is 11.5. The maximum Gasteiger partial charge on any atom is 0.307 e. The summed E-state index contributed by atoms with van der Waals surface area (Å²) in [7, 11) is 2.83. The molecule has 0 N–H and O–H groups in total. The quantitative estimate of drug-likeness (QED) is 0.812. The minimum Gasteiger partial charge on any atom is -0.495 e. The van der Waals surface area contributed by atoms with Crippen LogP contribution in [0.5, 0.6) is 5.75 Å². The number of halogens is 1. The van der Waals surface area contributed by atoms with Crippen molar-refractivity contribution in [2.75, 3.05) is 14.2 Å². The third-order valence-corrected chi connectivity index (χ3v) is 3.33. The van der Waals surface area contributed by atoms with Crippen molar-refractivity contribution in [2.45, 2.75) is 13.0 Å². The van der Waals surface area contributed by atoms with Crippen LogP contribution in [0.3, 0.4) is 0 Å². The lowest BCUT2D eigenvalue weighted by Gasteiger charge is -2.12. The first-order valence-electron chi connectivity index (χ1n) is 6.00. The Hall–Kier alpha value is -2.01. The molecule has 0 aliphatic heterocycles. The number of carbonyl (C=O) groups is 1. The lowest BCUT2D eigenvalue weighted by molar-refractivity contribution is -0.140. The first kappa shape index (κ1) is 14.4. The summed E-state index contributed by atoms with van der Waals surface area (Å²) in [4.78, 5) is 23.1. The summed E-state index contributed by atoms with van der Waals surface area (Å²) in [5.74, 6) is 0.137. The molecule has 0 saturated carbocycles. The summed E-state index contributed by atoms with van der Waals surface area (Å²) in [5, 5.41) is 0.913. The molecule has 0 saturated heterocycles. The standard InChI is InChI=1S/C14H14ClNO4/c1-19-13-7-9-11(8-10(13)15)16(5-3-12(9)17)6-4-14(18)20-2/h3,5,7-8H,4,6H2,1-2H3. The molecule has 0 amide bonds. The summed E-state index contributed by atoms with van der Waals surface area (Å²) in [6.45, 7) is 0.409. The Labute approximate surface area is 120 Å². The summed E-state index contributed by atoms with van der Waals surface area (Å²) in [5.41, 5.74) is 0.538. The van der Waals surface area contributed by atoms with E-state index in [0.717, 1.165) is 0 Å². The number of methoxy groups -OCH3 is 2. The number of esters is 1. The van der Waals surface area contributed by atoms with Gasteiger partial charge in [0, 0.05) is 24.2 Å². The smallest absolute Gasteiger partial charge is 0.307 e. The van der Waals surface area contributed by atoms with Gasteiger partial charge in [-0.25, -0.2) is 0 Å². The zero-order valence-corrected chi connectivity index (χ0v) is 11.9. The lowest BCUT2D eigenvalue weighted by atomic mass is 10.2. The van der Waals surface area contributed by atoms with Crippen LogP contribution in [-0.2, 0) is 16.1 Å². The van der Waals surface area contributed by atoms with Gasteiger partial charge in [-0.1, -0.05) is 11.6 Å². The van der Waals surface area contributed by atoms with Gasteiger partial charge < -0.3 is 14.0 Å². The molecule has 5 nitrogen and oxygen atoms in total. The summed E-state index contributed by atoms with van der Waals surface area (Å²) in [6.07, 6.45) is 1.86. The van der Waals surface area contributed by atoms with E-state index in [-0.39, 0.29) is 17.8 Å². The van der Waals surface area contributed by atoms with E-state index < -0.39 is 0 Å². The Kier molecular flexibility index (Phi) is 4.29. The van der Waals surface area contributed by atoms with E-state index in [1.54, 1.807) is 22.9 Å². The normalized spacial score (nSPS) is 10.6. The number of nitrogens with zero attached hydrogens (tertiary/aromatic N) is 1. The first-order valence-corrected chi connectivity index (χ1v) is 6.38. The molecule has 0 atom stereocenters. The molecule has 0 radical (unpaired) electrons. The Morgan fingerprint density at radius 1 is 1.35 bits per heavy atom. The Morgan fingerprint density at radius 3 is 2.75 bits per heavy atom. The van der Waals surface area contributed by atoms with Gasteiger partial charge in [-0.15, -0.1) is 0 Å². The predicted molar refractivity (Wildman–Crippen MR) is 76.4 cm³/mol. The van der Waals surface area contributed by atoms with Crippen LogP contribution in [0.25, 0.3) is 10.9 Å². The third kappa shape index (κ3) is 2.77. The fraction of sp³-hybridized carbons (Fsp3) is 0.286. The number of hydrogen-bond donors (Lipinski definition) is 0. The molecule has 2 aromatic rings. The van der Waals surface area contributed by atoms with Gasteiger partial charge in [0.25, 0.3) is 0 Å². The van der Waals surface area contributed by atoms with E-state index in [1.165, 1.54) is 20.3 Å². The minimum absolute atomic E-state index is 0.121. The van der Waals surface area contributed by atoms with Crippen molar-refractivity contribution < 1.29 is 14.3 Å². The Bertz CT molecular complexity index is 708. The highest BCUT2D eigenvalue weighted by Crippen LogP contribution is 2.28. The number of aryl methyl sites for hydroxylation is 1. The fourth-order valence-corrected chi connectivity index (χ4v) is 2.21. The van der Waals surface area contributed by atoms with Crippen molar-refractivity contribution in [3.63, 3.8) is 0 Å². The van der Waals surface area contributed by atoms with Gasteiger partial charge in [0.15, 0.2) is 5.43 Å². The summed E-state index contributed by atoms with van der Waals surface area (Å²) >= 11 is 6.09. The highest BCUT2D eigenvalue weighted by Gasteiger charge is 2.10. The van der Waals surface area contributed by atoms with Crippen LogP contribution in [0.1, 0.15) is 6.42 Å². The van der Waals surface area contributed by atoms with E-state index in [9.17, 15) is 9.59 Å². The molecule has 1 aromatic heterocycles. The molecular formula is C14H14ClNO4. The van der Waals surface area contributed by atoms with Crippen molar-refractivity contribution in [3.8, 4) is 5.75 Å². The molecule has 2 rings (SSSR count). The van der Waals surface area contributed by atoms with Crippen LogP contribution in [0.4, 0.5) is 0 Å². The zero-order valence-electron chi connectivity index (χ0n) is 11.2. The zero-order chi connectivity index (χ0) is 14.7. The molecule has 0 aliphatic rings. The molecule has 0 bridgehead atoms. The van der Waals surface area contributed by atoms with Crippen molar-refractivity contribution in [1.82, 2.24) is 4.57 Å². The van der Waals surface area contributed by atoms with E-state index >= 15 is 0 Å². The highest BCUT2D eigenvalue weighted by molar-refractivity contribution is 6.32. The number of pyridine rings is 1. The van der Waals surface area contributed by atoms with Crippen molar-refractivity contribution in [1.29, 1.82) is 0 Å². The van der Waals surface area contributed by atoms with E-state index in [2.05, 4.69) is 4.74 Å². The first-order chi connectivity index (χ1) is 9.56. The number of ether oxygens (including phenoxy) is 2. The van der Waals surface area contributed by atoms with Crippen LogP contribution >= 0.6 is 11.6 Å². The molecule has 0 aliphatic carbocycles. The minimum atomic E-state index is -0.309. The van der Waals surface area contributed by atoms with Crippen LogP contribution in [0.15, 0.2) is 29.2 Å². The average Bonchev–Trinajstić information content (AvgIpc) is 2.45. The molecule has 0 unspecified atom stereocenters. The van der Waals surface area contributed by atoms with Gasteiger partial charge >= 0.3 is 5.97 Å². The Morgan fingerprint density at radius 2 is 2.10 bits per heavy atom. The number of aromatic nitrogens is 1. The van der Waals surface area contributed by atoms with Crippen LogP contribution in [0, 0.1) is 0 Å². The van der Waals surface area contributed by atoms with Crippen LogP contribution in [-0.4, -0.2) is 24.8 Å². The molecule has 106 valence electrons. The van der Waals surface area contributed by atoms with Gasteiger partial charge in [0.05, 0.1) is 31.2 Å². The lowest BCUT2D eigenvalue weighted by Crippen LogP contribution is -2.11. The second-order valence-electron chi connectivity index (χ2n) is 4.20. The largest absolute Gasteiger partial charge is 0.495 e. The third-order valence-electron chi connectivity index (χ3n) is 3.04. The van der Waals surface area contributed by atoms with Gasteiger partial charge in [0.1, 0.15) is 5.75 Å². The molecule has 1 aromatic carbocycles. The molecule has 0 fully saturated rings. The molecular weight excluding hydrogens is 282 g/mol. The number of benzene rings is 1. The highest BCUT2D eigenvalue weighted by atomic mass is 35.5. The number of fused-ring (bicyclic) bond motifs is 1. The van der Waals surface area contributed by atoms with Crippen molar-refractivity contribution >= 4 is 28.5 Å². The number of carbonyl (C=O) groups excluding carboxylic acids is 1. The molecule has 0 spiro atoms. The van der Waals surface area contributed by atoms with E-state index in [1.807, 2.05) is 0 Å². The van der Waals surface area contributed by atoms with Crippen LogP contribution in [0.2, 0.25) is 5.02 Å². The Balaban J connectivity index is 2.51. The molecule has 20 heavy (non-hydrogen) atoms. The van der Waals surface area contributed by atoms with Gasteiger partial charge in [0.2, 0.25) is 0 Å². The van der Waals surface area contributed by atoms with Gasteiger partial charge in [-0.2, -0.15) is 0 Å². The second-order valence-corrected chi connectivity index (χ2v) is 4.61. The maximum atomic E-state index is 11.9. The number of hydrogen-bond acceptors (Lipinski definition) is 4. The topological polar surface area (TPSA) is 57.5 Å². The molecule has 6 heteroatoms. The molecule has 1 heterocycles. The summed E-state index contributed by atoms with van der Waals surface area (Å²) in [6, 6.07) is 4.72. The maximum absolute atomic E-state index is 11.9.